The van der Waals surface area contributed by atoms with Crippen molar-refractivity contribution in [3.05, 3.63) is 22.2 Å². The number of rotatable bonds is 4. The van der Waals surface area contributed by atoms with Gasteiger partial charge >= 0.3 is 0 Å². The molecule has 0 aliphatic rings. The number of hydrogen-bond donors (Lipinski definition) is 2. The molecule has 0 radical (unpaired) electrons. The molecular formula is C9H14N2O3. The van der Waals surface area contributed by atoms with Crippen molar-refractivity contribution in [2.45, 2.75) is 26.4 Å². The van der Waals surface area contributed by atoms with Crippen LogP contribution in [0.5, 0.6) is 5.88 Å². The maximum absolute atomic E-state index is 11.0. The highest BCUT2D eigenvalue weighted by Crippen LogP contribution is 2.02. The molecule has 0 spiro atoms. The fraction of sp³-hybridized carbons (Fsp3) is 0.556. The van der Waals surface area contributed by atoms with E-state index in [4.69, 9.17) is 4.74 Å². The van der Waals surface area contributed by atoms with Gasteiger partial charge in [-0.2, -0.15) is 0 Å². The Bertz CT molecular complexity index is 348. The number of aryl methyl sites for hydroxylation is 1. The van der Waals surface area contributed by atoms with Crippen LogP contribution in [0.4, 0.5) is 0 Å². The van der Waals surface area contributed by atoms with E-state index in [1.807, 2.05) is 6.92 Å². The van der Waals surface area contributed by atoms with Crippen LogP contribution in [0, 0.1) is 6.92 Å². The summed E-state index contributed by atoms with van der Waals surface area (Å²) in [6.07, 6.45) is 0.0960. The zero-order chi connectivity index (χ0) is 10.6. The Morgan fingerprint density at radius 2 is 2.43 bits per heavy atom. The molecular weight excluding hydrogens is 184 g/mol. The topological polar surface area (TPSA) is 75.2 Å². The van der Waals surface area contributed by atoms with Gasteiger partial charge in [-0.1, -0.05) is 6.92 Å². The Morgan fingerprint density at radius 3 is 3.00 bits per heavy atom. The van der Waals surface area contributed by atoms with E-state index in [-0.39, 0.29) is 18.0 Å². The lowest BCUT2D eigenvalue weighted by Crippen LogP contribution is -2.18. The highest BCUT2D eigenvalue weighted by atomic mass is 16.5. The zero-order valence-electron chi connectivity index (χ0n) is 8.28. The van der Waals surface area contributed by atoms with Crippen molar-refractivity contribution in [1.29, 1.82) is 0 Å². The summed E-state index contributed by atoms with van der Waals surface area (Å²) in [5, 5.41) is 9.22. The van der Waals surface area contributed by atoms with Crippen LogP contribution in [0.1, 0.15) is 19.2 Å². The summed E-state index contributed by atoms with van der Waals surface area (Å²) in [7, 11) is 0. The first kappa shape index (κ1) is 10.7. The molecule has 78 valence electrons. The van der Waals surface area contributed by atoms with Gasteiger partial charge in [0.25, 0.3) is 5.56 Å². The summed E-state index contributed by atoms with van der Waals surface area (Å²) >= 11 is 0. The fourth-order valence-electron chi connectivity index (χ4n) is 0.925. The highest BCUT2D eigenvalue weighted by molar-refractivity contribution is 5.08. The molecule has 2 N–H and O–H groups in total. The lowest BCUT2D eigenvalue weighted by atomic mass is 10.3. The van der Waals surface area contributed by atoms with Crippen LogP contribution in [0.25, 0.3) is 0 Å². The first-order valence-corrected chi connectivity index (χ1v) is 4.50. The van der Waals surface area contributed by atoms with Crippen LogP contribution in [-0.4, -0.2) is 27.8 Å². The molecule has 1 unspecified atom stereocenters. The van der Waals surface area contributed by atoms with Gasteiger partial charge in [-0.25, -0.2) is 4.98 Å². The molecule has 1 aromatic heterocycles. The molecule has 5 nitrogen and oxygen atoms in total. The van der Waals surface area contributed by atoms with Gasteiger partial charge in [0.05, 0.1) is 12.2 Å². The van der Waals surface area contributed by atoms with E-state index in [2.05, 4.69) is 9.97 Å². The average Bonchev–Trinajstić information content (AvgIpc) is 2.12. The Kier molecular flexibility index (Phi) is 3.64. The van der Waals surface area contributed by atoms with Crippen molar-refractivity contribution < 1.29 is 9.84 Å². The monoisotopic (exact) mass is 198 g/mol. The summed E-state index contributed by atoms with van der Waals surface area (Å²) in [5.41, 5.74) is -0.251. The molecule has 0 aliphatic heterocycles. The van der Waals surface area contributed by atoms with E-state index in [1.165, 1.54) is 6.07 Å². The first-order valence-electron chi connectivity index (χ1n) is 4.50. The quantitative estimate of drug-likeness (QED) is 0.726. The number of aromatic amines is 1. The molecule has 0 amide bonds. The number of nitrogens with one attached hydrogen (secondary N) is 1. The molecule has 0 bridgehead atoms. The molecule has 0 aliphatic carbocycles. The number of nitrogens with zero attached hydrogens (tertiary/aromatic N) is 1. The molecule has 1 heterocycles. The Hall–Kier alpha value is -1.36. The molecule has 14 heavy (non-hydrogen) atoms. The molecule has 1 rings (SSSR count). The number of aliphatic hydroxyl groups is 1. The molecule has 0 fully saturated rings. The average molecular weight is 198 g/mol. The van der Waals surface area contributed by atoms with Gasteiger partial charge < -0.3 is 14.8 Å². The minimum Gasteiger partial charge on any atom is -0.475 e. The van der Waals surface area contributed by atoms with Gasteiger partial charge in [-0.3, -0.25) is 4.79 Å². The third-order valence-electron chi connectivity index (χ3n) is 1.73. The second kappa shape index (κ2) is 4.76. The number of aromatic nitrogens is 2. The predicted octanol–water partition coefficient (Wildman–Crippen LogP) is 0.228. The standard InChI is InChI=1S/C9H14N2O3/c1-3-7(12)5-14-9-4-8(13)10-6(2)11-9/h4,7,12H,3,5H2,1-2H3,(H,10,11,13). The van der Waals surface area contributed by atoms with E-state index in [0.717, 1.165) is 0 Å². The normalized spacial score (nSPS) is 12.5. The number of H-pyrrole nitrogens is 1. The molecule has 1 atom stereocenters. The third kappa shape index (κ3) is 3.18. The van der Waals surface area contributed by atoms with Crippen molar-refractivity contribution in [2.24, 2.45) is 0 Å². The number of ether oxygens (including phenoxy) is 1. The highest BCUT2D eigenvalue weighted by Gasteiger charge is 2.03. The minimum absolute atomic E-state index is 0.159. The zero-order valence-corrected chi connectivity index (χ0v) is 8.28. The smallest absolute Gasteiger partial charge is 0.254 e. The van der Waals surface area contributed by atoms with E-state index < -0.39 is 6.10 Å². The fourth-order valence-corrected chi connectivity index (χ4v) is 0.925. The molecule has 0 saturated carbocycles. The van der Waals surface area contributed by atoms with Gasteiger partial charge in [0, 0.05) is 0 Å². The largest absolute Gasteiger partial charge is 0.475 e. The Morgan fingerprint density at radius 1 is 1.71 bits per heavy atom. The Labute approximate surface area is 81.8 Å². The maximum atomic E-state index is 11.0. The van der Waals surface area contributed by atoms with Gasteiger partial charge in [0.1, 0.15) is 12.4 Å². The van der Waals surface area contributed by atoms with Gasteiger partial charge in [-0.05, 0) is 13.3 Å². The van der Waals surface area contributed by atoms with Gasteiger partial charge in [0.15, 0.2) is 0 Å². The number of aliphatic hydroxyl groups excluding tert-OH is 1. The van der Waals surface area contributed by atoms with Gasteiger partial charge in [-0.15, -0.1) is 0 Å². The summed E-state index contributed by atoms with van der Waals surface area (Å²) in [5.74, 6) is 0.747. The SMILES string of the molecule is CCC(O)COc1cc(=O)[nH]c(C)n1. The van der Waals surface area contributed by atoms with Crippen molar-refractivity contribution >= 4 is 0 Å². The van der Waals surface area contributed by atoms with Crippen LogP contribution in [-0.2, 0) is 0 Å². The summed E-state index contributed by atoms with van der Waals surface area (Å²) < 4.78 is 5.14. The van der Waals surface area contributed by atoms with E-state index in [9.17, 15) is 9.90 Å². The minimum atomic E-state index is -0.517. The number of hydrogen-bond acceptors (Lipinski definition) is 4. The van der Waals surface area contributed by atoms with Gasteiger partial charge in [0.2, 0.25) is 5.88 Å². The van der Waals surface area contributed by atoms with E-state index in [1.54, 1.807) is 6.92 Å². The van der Waals surface area contributed by atoms with Crippen molar-refractivity contribution in [1.82, 2.24) is 9.97 Å². The first-order chi connectivity index (χ1) is 6.61. The van der Waals surface area contributed by atoms with E-state index >= 15 is 0 Å². The lowest BCUT2D eigenvalue weighted by molar-refractivity contribution is 0.101. The predicted molar refractivity (Wildman–Crippen MR) is 51.4 cm³/mol. The van der Waals surface area contributed by atoms with Crippen LogP contribution >= 0.6 is 0 Å². The molecule has 1 aromatic rings. The Balaban J connectivity index is 2.63. The second-order valence-corrected chi connectivity index (χ2v) is 3.04. The summed E-state index contributed by atoms with van der Waals surface area (Å²) in [6.45, 7) is 3.68. The van der Waals surface area contributed by atoms with Crippen LogP contribution < -0.4 is 10.3 Å². The van der Waals surface area contributed by atoms with Crippen molar-refractivity contribution in [3.8, 4) is 5.88 Å². The van der Waals surface area contributed by atoms with E-state index in [0.29, 0.717) is 12.2 Å². The lowest BCUT2D eigenvalue weighted by Gasteiger charge is -2.08. The van der Waals surface area contributed by atoms with Crippen molar-refractivity contribution in [3.63, 3.8) is 0 Å². The second-order valence-electron chi connectivity index (χ2n) is 3.04. The molecule has 5 heteroatoms. The van der Waals surface area contributed by atoms with Crippen molar-refractivity contribution in [2.75, 3.05) is 6.61 Å². The summed E-state index contributed by atoms with van der Waals surface area (Å²) in [6, 6.07) is 1.26. The van der Waals surface area contributed by atoms with Crippen LogP contribution in [0.3, 0.4) is 0 Å². The molecule has 0 saturated heterocycles. The maximum Gasteiger partial charge on any atom is 0.254 e. The van der Waals surface area contributed by atoms with Crippen LogP contribution in [0.15, 0.2) is 10.9 Å². The van der Waals surface area contributed by atoms with Crippen LogP contribution in [0.2, 0.25) is 0 Å². The summed E-state index contributed by atoms with van der Waals surface area (Å²) in [4.78, 5) is 17.4. The third-order valence-corrected chi connectivity index (χ3v) is 1.73. The molecule has 0 aromatic carbocycles.